The molecule has 0 aliphatic heterocycles. The van der Waals surface area contributed by atoms with E-state index in [1.807, 2.05) is 0 Å². The van der Waals surface area contributed by atoms with Gasteiger partial charge < -0.3 is 20.3 Å². The van der Waals surface area contributed by atoms with Crippen LogP contribution in [-0.2, 0) is 9.59 Å². The van der Waals surface area contributed by atoms with E-state index in [9.17, 15) is 14.7 Å². The van der Waals surface area contributed by atoms with E-state index >= 15 is 0 Å². The Labute approximate surface area is 125 Å². The number of hydrogen-bond acceptors (Lipinski definition) is 4. The fourth-order valence-corrected chi connectivity index (χ4v) is 1.67. The Balaban J connectivity index is 2.59. The lowest BCUT2D eigenvalue weighted by Crippen LogP contribution is -2.49. The Morgan fingerprint density at radius 1 is 1.40 bits per heavy atom. The zero-order valence-electron chi connectivity index (χ0n) is 10.5. The van der Waals surface area contributed by atoms with Crippen LogP contribution < -0.4 is 10.1 Å². The fourth-order valence-electron chi connectivity index (χ4n) is 1.33. The average Bonchev–Trinajstić information content (AvgIpc) is 2.36. The lowest BCUT2D eigenvalue weighted by atomic mass is 10.2. The molecular weight excluding hydrogens is 309 g/mol. The minimum atomic E-state index is -1.40. The zero-order chi connectivity index (χ0) is 15.3. The molecule has 3 N–H and O–H groups in total. The summed E-state index contributed by atoms with van der Waals surface area (Å²) in [7, 11) is 0. The fraction of sp³-hybridized carbons (Fsp3) is 0.333. The van der Waals surface area contributed by atoms with Gasteiger partial charge in [0, 0.05) is 11.1 Å². The van der Waals surface area contributed by atoms with E-state index in [2.05, 4.69) is 5.32 Å². The summed E-state index contributed by atoms with van der Waals surface area (Å²) in [6, 6.07) is 3.10. The summed E-state index contributed by atoms with van der Waals surface area (Å²) >= 11 is 11.6. The summed E-state index contributed by atoms with van der Waals surface area (Å²) < 4.78 is 5.14. The molecule has 0 bridgehead atoms. The smallest absolute Gasteiger partial charge is 0.328 e. The molecule has 2 atom stereocenters. The van der Waals surface area contributed by atoms with Crippen molar-refractivity contribution in [3.05, 3.63) is 28.2 Å². The van der Waals surface area contributed by atoms with E-state index in [0.717, 1.165) is 0 Å². The Kier molecular flexibility index (Phi) is 6.06. The van der Waals surface area contributed by atoms with Crippen LogP contribution in [-0.4, -0.2) is 40.8 Å². The number of aliphatic hydroxyl groups is 1. The number of rotatable bonds is 6. The first-order valence-electron chi connectivity index (χ1n) is 5.59. The van der Waals surface area contributed by atoms with E-state index in [1.54, 1.807) is 6.07 Å². The van der Waals surface area contributed by atoms with Crippen LogP contribution in [0.5, 0.6) is 5.75 Å². The predicted octanol–water partition coefficient (Wildman–Crippen LogP) is 1.32. The summed E-state index contributed by atoms with van der Waals surface area (Å²) in [4.78, 5) is 22.3. The van der Waals surface area contributed by atoms with Gasteiger partial charge in [0.25, 0.3) is 5.91 Å². The number of aliphatic hydroxyl groups excluding tert-OH is 1. The second-order valence-electron chi connectivity index (χ2n) is 3.99. The Morgan fingerprint density at radius 3 is 2.60 bits per heavy atom. The number of amides is 1. The minimum Gasteiger partial charge on any atom is -0.482 e. The van der Waals surface area contributed by atoms with Crippen LogP contribution in [0.25, 0.3) is 0 Å². The van der Waals surface area contributed by atoms with Crippen LogP contribution >= 0.6 is 23.2 Å². The van der Waals surface area contributed by atoms with Crippen molar-refractivity contribution in [2.24, 2.45) is 0 Å². The molecule has 0 aliphatic carbocycles. The summed E-state index contributed by atoms with van der Waals surface area (Å²) in [5.74, 6) is -1.83. The third kappa shape index (κ3) is 4.88. The number of carbonyl (C=O) groups is 2. The van der Waals surface area contributed by atoms with Crippen molar-refractivity contribution in [2.45, 2.75) is 19.1 Å². The molecule has 0 spiro atoms. The molecule has 6 nitrogen and oxygen atoms in total. The highest BCUT2D eigenvalue weighted by atomic mass is 35.5. The highest BCUT2D eigenvalue weighted by Crippen LogP contribution is 2.27. The van der Waals surface area contributed by atoms with Gasteiger partial charge in [-0.1, -0.05) is 23.2 Å². The predicted molar refractivity (Wildman–Crippen MR) is 73.2 cm³/mol. The lowest BCUT2D eigenvalue weighted by Gasteiger charge is -2.17. The number of carboxylic acid groups (broad SMARTS) is 1. The third-order valence-corrected chi connectivity index (χ3v) is 2.86. The van der Waals surface area contributed by atoms with Crippen molar-refractivity contribution in [3.8, 4) is 5.75 Å². The first-order chi connectivity index (χ1) is 9.31. The van der Waals surface area contributed by atoms with Crippen LogP contribution in [0.4, 0.5) is 0 Å². The van der Waals surface area contributed by atoms with Gasteiger partial charge >= 0.3 is 5.97 Å². The van der Waals surface area contributed by atoms with Gasteiger partial charge in [0.05, 0.1) is 11.1 Å². The molecule has 1 aromatic rings. The Hall–Kier alpha value is -1.50. The standard InChI is InChI=1S/C12H13Cl2NO5/c1-6(16)11(12(18)19)15-10(17)5-20-9-4-7(13)2-3-8(9)14/h2-4,6,11,16H,5H2,1H3,(H,15,17)(H,18,19)/t6-,11+/m1/s1. The van der Waals surface area contributed by atoms with Gasteiger partial charge in [-0.05, 0) is 19.1 Å². The maximum absolute atomic E-state index is 11.5. The van der Waals surface area contributed by atoms with Crippen LogP contribution in [0.15, 0.2) is 18.2 Å². The molecule has 1 amide bonds. The van der Waals surface area contributed by atoms with Crippen molar-refractivity contribution < 1.29 is 24.5 Å². The molecule has 8 heteroatoms. The third-order valence-electron chi connectivity index (χ3n) is 2.32. The molecule has 0 saturated carbocycles. The number of carboxylic acids is 1. The normalized spacial score (nSPS) is 13.4. The van der Waals surface area contributed by atoms with Gasteiger partial charge in [0.15, 0.2) is 12.6 Å². The SMILES string of the molecule is C[C@@H](O)[C@H](NC(=O)COc1cc(Cl)ccc1Cl)C(=O)O. The largest absolute Gasteiger partial charge is 0.482 e. The lowest BCUT2D eigenvalue weighted by molar-refractivity contribution is -0.145. The molecule has 0 fully saturated rings. The number of aliphatic carboxylic acids is 1. The number of hydrogen-bond donors (Lipinski definition) is 3. The van der Waals surface area contributed by atoms with Gasteiger partial charge in [-0.25, -0.2) is 4.79 Å². The minimum absolute atomic E-state index is 0.207. The van der Waals surface area contributed by atoms with Crippen molar-refractivity contribution in [3.63, 3.8) is 0 Å². The monoisotopic (exact) mass is 321 g/mol. The Bertz CT molecular complexity index is 507. The van der Waals surface area contributed by atoms with Crippen LogP contribution in [0.2, 0.25) is 10.0 Å². The molecule has 0 heterocycles. The van der Waals surface area contributed by atoms with Gasteiger partial charge in [-0.15, -0.1) is 0 Å². The van der Waals surface area contributed by atoms with E-state index in [0.29, 0.717) is 5.02 Å². The quantitative estimate of drug-likeness (QED) is 0.734. The molecule has 0 aliphatic rings. The second-order valence-corrected chi connectivity index (χ2v) is 4.83. The molecule has 1 aromatic carbocycles. The van der Waals surface area contributed by atoms with E-state index in [4.69, 9.17) is 33.0 Å². The van der Waals surface area contributed by atoms with Crippen molar-refractivity contribution in [1.82, 2.24) is 5.32 Å². The van der Waals surface area contributed by atoms with Crippen molar-refractivity contribution in [2.75, 3.05) is 6.61 Å². The Morgan fingerprint density at radius 2 is 2.05 bits per heavy atom. The maximum atomic E-state index is 11.5. The van der Waals surface area contributed by atoms with E-state index in [1.165, 1.54) is 19.1 Å². The number of benzene rings is 1. The summed E-state index contributed by atoms with van der Waals surface area (Å²) in [6.45, 7) is 0.810. The molecule has 0 aromatic heterocycles. The van der Waals surface area contributed by atoms with Crippen LogP contribution in [0, 0.1) is 0 Å². The van der Waals surface area contributed by atoms with Gasteiger partial charge in [-0.3, -0.25) is 4.79 Å². The molecule has 1 rings (SSSR count). The molecular formula is C12H13Cl2NO5. The average molecular weight is 322 g/mol. The molecule has 110 valence electrons. The summed E-state index contributed by atoms with van der Waals surface area (Å²) in [5.41, 5.74) is 0. The molecule has 0 unspecified atom stereocenters. The van der Waals surface area contributed by atoms with Gasteiger partial charge in [0.2, 0.25) is 0 Å². The molecule has 0 saturated heterocycles. The summed E-state index contributed by atoms with van der Waals surface area (Å²) in [6.07, 6.45) is -1.23. The number of carbonyl (C=O) groups excluding carboxylic acids is 1. The maximum Gasteiger partial charge on any atom is 0.328 e. The summed E-state index contributed by atoms with van der Waals surface area (Å²) in [5, 5.41) is 20.8. The zero-order valence-corrected chi connectivity index (χ0v) is 12.0. The molecule has 0 radical (unpaired) electrons. The number of nitrogens with one attached hydrogen (secondary N) is 1. The first-order valence-corrected chi connectivity index (χ1v) is 6.35. The van der Waals surface area contributed by atoms with Crippen molar-refractivity contribution >= 4 is 35.1 Å². The molecule has 20 heavy (non-hydrogen) atoms. The van der Waals surface area contributed by atoms with Crippen molar-refractivity contribution in [1.29, 1.82) is 0 Å². The van der Waals surface area contributed by atoms with Gasteiger partial charge in [-0.2, -0.15) is 0 Å². The van der Waals surface area contributed by atoms with Crippen LogP contribution in [0.3, 0.4) is 0 Å². The van der Waals surface area contributed by atoms with Crippen LogP contribution in [0.1, 0.15) is 6.92 Å². The highest BCUT2D eigenvalue weighted by molar-refractivity contribution is 6.34. The first kappa shape index (κ1) is 16.6. The van der Waals surface area contributed by atoms with E-state index < -0.39 is 30.6 Å². The second kappa shape index (κ2) is 7.33. The number of halogens is 2. The number of ether oxygens (including phenoxy) is 1. The topological polar surface area (TPSA) is 95.9 Å². The highest BCUT2D eigenvalue weighted by Gasteiger charge is 2.25. The van der Waals surface area contributed by atoms with Gasteiger partial charge in [0.1, 0.15) is 5.75 Å². The van der Waals surface area contributed by atoms with E-state index in [-0.39, 0.29) is 10.8 Å².